The molecule has 4 rings (SSSR count). The maximum Gasteiger partial charge on any atom is 0.203 e. The summed E-state index contributed by atoms with van der Waals surface area (Å²) in [4.78, 5) is 4.59. The molecular weight excluding hydrogens is 430 g/mol. The SMILES string of the molecule is C=CCc1ccccc1OCc1cc(C=NNc2nc(-c3ccccc3)cs2)ccc1OC. The number of hydrogen-bond acceptors (Lipinski definition) is 6. The third-order valence-corrected chi connectivity index (χ3v) is 5.72. The first-order valence-electron chi connectivity index (χ1n) is 10.6. The van der Waals surface area contributed by atoms with Crippen LogP contribution in [0.25, 0.3) is 11.3 Å². The van der Waals surface area contributed by atoms with Gasteiger partial charge in [-0.25, -0.2) is 4.98 Å². The predicted octanol–water partition coefficient (Wildman–Crippen LogP) is 6.57. The monoisotopic (exact) mass is 455 g/mol. The minimum atomic E-state index is 0.388. The Balaban J connectivity index is 1.43. The fraction of sp³-hybridized carbons (Fsp3) is 0.111. The molecule has 0 spiro atoms. The summed E-state index contributed by atoms with van der Waals surface area (Å²) in [6, 6.07) is 24.0. The molecule has 0 amide bonds. The molecule has 1 heterocycles. The fourth-order valence-corrected chi connectivity index (χ4v) is 4.01. The lowest BCUT2D eigenvalue weighted by atomic mass is 10.1. The minimum Gasteiger partial charge on any atom is -0.496 e. The van der Waals surface area contributed by atoms with E-state index in [0.29, 0.717) is 6.61 Å². The molecule has 0 bridgehead atoms. The largest absolute Gasteiger partial charge is 0.496 e. The van der Waals surface area contributed by atoms with Crippen molar-refractivity contribution in [3.05, 3.63) is 108 Å². The number of para-hydroxylation sites is 1. The van der Waals surface area contributed by atoms with Crippen molar-refractivity contribution in [1.29, 1.82) is 0 Å². The van der Waals surface area contributed by atoms with Crippen molar-refractivity contribution in [3.63, 3.8) is 0 Å². The predicted molar refractivity (Wildman–Crippen MR) is 136 cm³/mol. The van der Waals surface area contributed by atoms with Gasteiger partial charge in [0.1, 0.15) is 18.1 Å². The zero-order valence-corrected chi connectivity index (χ0v) is 19.2. The van der Waals surface area contributed by atoms with Crippen LogP contribution in [0.3, 0.4) is 0 Å². The Hall–Kier alpha value is -3.90. The lowest BCUT2D eigenvalue weighted by Crippen LogP contribution is -2.02. The van der Waals surface area contributed by atoms with E-state index in [2.05, 4.69) is 22.1 Å². The Morgan fingerprint density at radius 2 is 1.82 bits per heavy atom. The maximum absolute atomic E-state index is 6.10. The number of hydrazone groups is 1. The highest BCUT2D eigenvalue weighted by Crippen LogP contribution is 2.26. The number of thiazole rings is 1. The lowest BCUT2D eigenvalue weighted by molar-refractivity contribution is 0.294. The van der Waals surface area contributed by atoms with E-state index in [1.807, 2.05) is 84.3 Å². The molecule has 0 saturated heterocycles. The molecule has 0 unspecified atom stereocenters. The molecule has 33 heavy (non-hydrogen) atoms. The van der Waals surface area contributed by atoms with Crippen molar-refractivity contribution in [2.75, 3.05) is 12.5 Å². The quantitative estimate of drug-likeness (QED) is 0.167. The van der Waals surface area contributed by atoms with E-state index in [1.165, 1.54) is 11.3 Å². The Bertz CT molecular complexity index is 1240. The average Bonchev–Trinajstić information content (AvgIpc) is 3.33. The van der Waals surface area contributed by atoms with E-state index in [4.69, 9.17) is 9.47 Å². The summed E-state index contributed by atoms with van der Waals surface area (Å²) in [6.45, 7) is 4.21. The van der Waals surface area contributed by atoms with Gasteiger partial charge < -0.3 is 9.47 Å². The van der Waals surface area contributed by atoms with Crippen LogP contribution >= 0.6 is 11.3 Å². The van der Waals surface area contributed by atoms with Gasteiger partial charge in [-0.1, -0.05) is 54.6 Å². The molecule has 1 N–H and O–H groups in total. The Labute approximate surface area is 198 Å². The maximum atomic E-state index is 6.10. The normalized spacial score (nSPS) is 10.8. The fourth-order valence-electron chi connectivity index (χ4n) is 3.34. The van der Waals surface area contributed by atoms with E-state index < -0.39 is 0 Å². The highest BCUT2D eigenvalue weighted by molar-refractivity contribution is 7.14. The number of anilines is 1. The number of nitrogens with one attached hydrogen (secondary N) is 1. The van der Waals surface area contributed by atoms with Crippen molar-refractivity contribution in [2.24, 2.45) is 5.10 Å². The zero-order chi connectivity index (χ0) is 22.9. The second kappa shape index (κ2) is 11.1. The van der Waals surface area contributed by atoms with Crippen molar-refractivity contribution in [1.82, 2.24) is 4.98 Å². The van der Waals surface area contributed by atoms with Gasteiger partial charge in [0.15, 0.2) is 0 Å². The van der Waals surface area contributed by atoms with Gasteiger partial charge in [0, 0.05) is 16.5 Å². The van der Waals surface area contributed by atoms with Gasteiger partial charge in [-0.15, -0.1) is 17.9 Å². The number of methoxy groups -OCH3 is 1. The molecule has 0 aliphatic heterocycles. The van der Waals surface area contributed by atoms with E-state index >= 15 is 0 Å². The van der Waals surface area contributed by atoms with Gasteiger partial charge in [0.25, 0.3) is 0 Å². The van der Waals surface area contributed by atoms with Crippen LogP contribution in [0.5, 0.6) is 11.5 Å². The number of aromatic nitrogens is 1. The van der Waals surface area contributed by atoms with Crippen molar-refractivity contribution >= 4 is 22.7 Å². The van der Waals surface area contributed by atoms with Gasteiger partial charge in [-0.05, 0) is 41.8 Å². The number of hydrogen-bond donors (Lipinski definition) is 1. The third-order valence-electron chi connectivity index (χ3n) is 4.97. The van der Waals surface area contributed by atoms with E-state index in [-0.39, 0.29) is 0 Å². The summed E-state index contributed by atoms with van der Waals surface area (Å²) < 4.78 is 11.6. The van der Waals surface area contributed by atoms with Crippen LogP contribution in [-0.2, 0) is 13.0 Å². The first-order valence-corrected chi connectivity index (χ1v) is 11.4. The van der Waals surface area contributed by atoms with Gasteiger partial charge >= 0.3 is 0 Å². The number of benzene rings is 3. The topological polar surface area (TPSA) is 55.7 Å². The molecule has 0 radical (unpaired) electrons. The second-order valence-corrected chi connectivity index (χ2v) is 8.09. The highest BCUT2D eigenvalue weighted by atomic mass is 32.1. The minimum absolute atomic E-state index is 0.388. The molecule has 0 aliphatic carbocycles. The van der Waals surface area contributed by atoms with Crippen LogP contribution in [0.15, 0.2) is 95.9 Å². The van der Waals surface area contributed by atoms with Gasteiger partial charge in [0.05, 0.1) is 19.0 Å². The number of allylic oxidation sites excluding steroid dienone is 1. The molecule has 3 aromatic carbocycles. The molecular formula is C27H25N3O2S. The van der Waals surface area contributed by atoms with E-state index in [9.17, 15) is 0 Å². The molecule has 0 saturated carbocycles. The summed E-state index contributed by atoms with van der Waals surface area (Å²) >= 11 is 1.52. The molecule has 1 aromatic heterocycles. The van der Waals surface area contributed by atoms with Crippen LogP contribution in [-0.4, -0.2) is 18.3 Å². The van der Waals surface area contributed by atoms with Crippen LogP contribution in [0.4, 0.5) is 5.13 Å². The van der Waals surface area contributed by atoms with Crippen molar-refractivity contribution < 1.29 is 9.47 Å². The summed E-state index contributed by atoms with van der Waals surface area (Å²) in [5.41, 5.74) is 8.00. The zero-order valence-electron chi connectivity index (χ0n) is 18.4. The smallest absolute Gasteiger partial charge is 0.203 e. The summed E-state index contributed by atoms with van der Waals surface area (Å²) in [7, 11) is 1.66. The average molecular weight is 456 g/mol. The third kappa shape index (κ3) is 5.87. The molecule has 5 nitrogen and oxygen atoms in total. The summed E-state index contributed by atoms with van der Waals surface area (Å²) in [5.74, 6) is 1.62. The molecule has 0 aliphatic rings. The lowest BCUT2D eigenvalue weighted by Gasteiger charge is -2.13. The first kappa shape index (κ1) is 22.3. The first-order chi connectivity index (χ1) is 16.3. The van der Waals surface area contributed by atoms with E-state index in [0.717, 1.165) is 51.0 Å². The molecule has 6 heteroatoms. The standard InChI is InChI=1S/C27H25N3O2S/c1-3-9-22-12-7-8-13-26(22)32-18-23-16-20(14-15-25(23)31-2)17-28-30-27-29-24(19-33-27)21-10-5-4-6-11-21/h3-8,10-17,19H,1,9,18H2,2H3,(H,29,30). The van der Waals surface area contributed by atoms with Gasteiger partial charge in [0.2, 0.25) is 5.13 Å². The number of nitrogens with zero attached hydrogens (tertiary/aromatic N) is 2. The van der Waals surface area contributed by atoms with Crippen LogP contribution < -0.4 is 14.9 Å². The van der Waals surface area contributed by atoms with Crippen LogP contribution in [0.2, 0.25) is 0 Å². The molecule has 0 fully saturated rings. The second-order valence-electron chi connectivity index (χ2n) is 7.23. The highest BCUT2D eigenvalue weighted by Gasteiger charge is 2.08. The number of ether oxygens (including phenoxy) is 2. The van der Waals surface area contributed by atoms with Crippen LogP contribution in [0, 0.1) is 0 Å². The van der Waals surface area contributed by atoms with Crippen molar-refractivity contribution in [2.45, 2.75) is 13.0 Å². The van der Waals surface area contributed by atoms with Gasteiger partial charge in [-0.3, -0.25) is 5.43 Å². The van der Waals surface area contributed by atoms with E-state index in [1.54, 1.807) is 13.3 Å². The summed E-state index contributed by atoms with van der Waals surface area (Å²) in [5, 5.41) is 7.10. The van der Waals surface area contributed by atoms with Crippen molar-refractivity contribution in [3.8, 4) is 22.8 Å². The Morgan fingerprint density at radius 3 is 2.64 bits per heavy atom. The van der Waals surface area contributed by atoms with Gasteiger partial charge in [-0.2, -0.15) is 5.10 Å². The molecule has 0 atom stereocenters. The number of rotatable bonds is 10. The van der Waals surface area contributed by atoms with Crippen LogP contribution in [0.1, 0.15) is 16.7 Å². The molecule has 4 aromatic rings. The Morgan fingerprint density at radius 1 is 1.00 bits per heavy atom. The molecule has 166 valence electrons. The Kier molecular flexibility index (Phi) is 7.51. The summed E-state index contributed by atoms with van der Waals surface area (Å²) in [6.07, 6.45) is 4.39.